The van der Waals surface area contributed by atoms with E-state index in [1.54, 1.807) is 12.4 Å². The van der Waals surface area contributed by atoms with E-state index in [0.717, 1.165) is 11.4 Å². The van der Waals surface area contributed by atoms with E-state index in [2.05, 4.69) is 20.6 Å². The van der Waals surface area contributed by atoms with Crippen LogP contribution >= 0.6 is 0 Å². The molecule has 0 saturated carbocycles. The van der Waals surface area contributed by atoms with E-state index in [-0.39, 0.29) is 41.0 Å². The van der Waals surface area contributed by atoms with E-state index < -0.39 is 12.4 Å². The van der Waals surface area contributed by atoms with Crippen molar-refractivity contribution in [3.63, 3.8) is 0 Å². The molecule has 0 saturated heterocycles. The maximum absolute atomic E-state index is 9.83. The van der Waals surface area contributed by atoms with Crippen LogP contribution in [-0.2, 0) is 47.2 Å². The quantitative estimate of drug-likeness (QED) is 0.275. The van der Waals surface area contributed by atoms with E-state index in [4.69, 9.17) is 10.2 Å². The largest absolute Gasteiger partial charge is 1.00 e. The molecule has 8 nitrogen and oxygen atoms in total. The summed E-state index contributed by atoms with van der Waals surface area (Å²) in [6.07, 6.45) is 2.52. The second-order valence-corrected chi connectivity index (χ2v) is 5.39. The zero-order valence-corrected chi connectivity index (χ0v) is 17.4. The van der Waals surface area contributed by atoms with Crippen molar-refractivity contribution in [3.05, 3.63) is 70.8 Å². The second-order valence-electron chi connectivity index (χ2n) is 5.39. The third kappa shape index (κ3) is 18.5. The van der Waals surface area contributed by atoms with Gasteiger partial charge < -0.3 is 31.4 Å². The van der Waals surface area contributed by atoms with Crippen molar-refractivity contribution in [1.29, 1.82) is 0 Å². The Labute approximate surface area is 188 Å². The maximum atomic E-state index is 9.83. The molecule has 2 aromatic heterocycles. The van der Waals surface area contributed by atoms with E-state index in [0.29, 0.717) is 32.6 Å². The molecule has 0 aliphatic heterocycles. The Morgan fingerprint density at radius 1 is 0.893 bits per heavy atom. The fourth-order valence-corrected chi connectivity index (χ4v) is 1.84. The van der Waals surface area contributed by atoms with Gasteiger partial charge in [-0.15, -0.1) is 26.2 Å². The molecule has 0 fully saturated rings. The first-order valence-electron chi connectivity index (χ1n) is 8.18. The summed E-state index contributed by atoms with van der Waals surface area (Å²) in [4.78, 5) is 8.38. The average Bonchev–Trinajstić information content (AvgIpc) is 2.60. The number of hydrogen-bond donors (Lipinski definition) is 3. The Bertz CT molecular complexity index is 557. The molecule has 0 radical (unpaired) electrons. The fourth-order valence-electron chi connectivity index (χ4n) is 1.84. The molecule has 0 aromatic carbocycles. The van der Waals surface area contributed by atoms with Crippen LogP contribution in [0.25, 0.3) is 10.6 Å². The number of hydrogen-bond acceptors (Lipinski definition) is 5. The molecule has 2 heterocycles. The van der Waals surface area contributed by atoms with E-state index in [9.17, 15) is 5.11 Å². The minimum atomic E-state index is -1.17. The van der Waals surface area contributed by atoms with Crippen LogP contribution in [0.1, 0.15) is 26.2 Å². The Kier molecular flexibility index (Phi) is 23.6. The summed E-state index contributed by atoms with van der Waals surface area (Å²) in [5.74, 6) is 0. The van der Waals surface area contributed by atoms with Crippen molar-refractivity contribution >= 4 is 0 Å². The number of rotatable bonds is 9. The minimum Gasteiger partial charge on any atom is -0.657 e. The molecule has 5 N–H and O–H groups in total. The van der Waals surface area contributed by atoms with Gasteiger partial charge in [-0.05, 0) is 37.6 Å². The van der Waals surface area contributed by atoms with E-state index in [1.807, 2.05) is 36.4 Å². The van der Waals surface area contributed by atoms with Crippen molar-refractivity contribution in [3.8, 4) is 0 Å². The van der Waals surface area contributed by atoms with Gasteiger partial charge in [-0.25, -0.2) is 0 Å². The van der Waals surface area contributed by atoms with Crippen LogP contribution in [0.4, 0.5) is 0 Å². The molecule has 0 bridgehead atoms. The Balaban J connectivity index is -0.000000359. The van der Waals surface area contributed by atoms with Gasteiger partial charge in [-0.3, -0.25) is 9.97 Å². The Hall–Kier alpha value is -0.901. The van der Waals surface area contributed by atoms with Gasteiger partial charge in [0.05, 0.1) is 0 Å². The monoisotopic (exact) mass is 492 g/mol. The van der Waals surface area contributed by atoms with Crippen LogP contribution in [-0.4, -0.2) is 56.2 Å². The smallest absolute Gasteiger partial charge is 0.657 e. The topological polar surface area (TPSA) is 146 Å². The standard InChI is InChI=1S/C16H20N4O.C2H6O2.2Cu.H2O.H2/c21-16(13-18-12-15-6-2-4-9-20-15)7-10-17-11-14-5-1-3-8-19-14;1-2(3)4;;;;/h1-6,8-9,16,21H,7,10-13H2;2-4H,1H3;;;1H2;1H/q-2;;2*+1;;/t16-;;;;;/m0...../s1. The van der Waals surface area contributed by atoms with Gasteiger partial charge in [0.1, 0.15) is 6.29 Å². The van der Waals surface area contributed by atoms with Crippen LogP contribution in [0, 0.1) is 0 Å². The zero-order chi connectivity index (χ0) is 18.3. The van der Waals surface area contributed by atoms with Gasteiger partial charge >= 0.3 is 34.1 Å². The van der Waals surface area contributed by atoms with Crippen LogP contribution in [0.15, 0.2) is 48.8 Å². The molecule has 0 aliphatic carbocycles. The van der Waals surface area contributed by atoms with Crippen molar-refractivity contribution in [1.82, 2.24) is 9.97 Å². The van der Waals surface area contributed by atoms with Crippen LogP contribution in [0.5, 0.6) is 0 Å². The second kappa shape index (κ2) is 20.8. The van der Waals surface area contributed by atoms with E-state index in [1.165, 1.54) is 6.92 Å². The SMILES string of the molecule is CC(O)O.O.O[C@@H](CC[N-]Cc1ccccn1)C[N-]Cc1ccccn1.[Cu+].[Cu+].[HH]. The molecule has 168 valence electrons. The van der Waals surface area contributed by atoms with Gasteiger partial charge in [-0.1, -0.05) is 12.1 Å². The third-order valence-corrected chi connectivity index (χ3v) is 2.96. The van der Waals surface area contributed by atoms with Gasteiger partial charge in [0.2, 0.25) is 0 Å². The number of pyridine rings is 2. The van der Waals surface area contributed by atoms with Crippen LogP contribution < -0.4 is 0 Å². The molecule has 2 rings (SSSR count). The van der Waals surface area contributed by atoms with Crippen molar-refractivity contribution in [2.45, 2.75) is 38.8 Å². The van der Waals surface area contributed by atoms with Crippen molar-refractivity contribution in [2.24, 2.45) is 0 Å². The number of aromatic nitrogens is 2. The summed E-state index contributed by atoms with van der Waals surface area (Å²) in [7, 11) is 0. The van der Waals surface area contributed by atoms with Gasteiger partial charge in [0.25, 0.3) is 0 Å². The molecule has 0 spiro atoms. The third-order valence-electron chi connectivity index (χ3n) is 2.96. The number of aliphatic hydroxyl groups excluding tert-OH is 2. The van der Waals surface area contributed by atoms with Crippen molar-refractivity contribution in [2.75, 3.05) is 13.1 Å². The number of nitrogens with zero attached hydrogens (tertiary/aromatic N) is 4. The van der Waals surface area contributed by atoms with Crippen LogP contribution in [0.3, 0.4) is 0 Å². The summed E-state index contributed by atoms with van der Waals surface area (Å²) >= 11 is 0. The van der Waals surface area contributed by atoms with Crippen LogP contribution in [0.2, 0.25) is 0 Å². The molecule has 0 amide bonds. The maximum Gasteiger partial charge on any atom is 1.00 e. The van der Waals surface area contributed by atoms with Gasteiger partial charge in [0, 0.05) is 31.3 Å². The predicted molar refractivity (Wildman–Crippen MR) is 103 cm³/mol. The van der Waals surface area contributed by atoms with Gasteiger partial charge in [0.15, 0.2) is 0 Å². The van der Waals surface area contributed by atoms with E-state index >= 15 is 0 Å². The first-order valence-corrected chi connectivity index (χ1v) is 8.18. The summed E-state index contributed by atoms with van der Waals surface area (Å²) in [5, 5.41) is 33.7. The molecule has 28 heavy (non-hydrogen) atoms. The summed E-state index contributed by atoms with van der Waals surface area (Å²) in [6.45, 7) is 3.47. The fraction of sp³-hybridized carbons (Fsp3) is 0.444. The molecular weight excluding hydrogens is 463 g/mol. The summed E-state index contributed by atoms with van der Waals surface area (Å²) in [6, 6.07) is 11.5. The molecule has 1 atom stereocenters. The molecule has 0 unspecified atom stereocenters. The number of aliphatic hydroxyl groups is 3. The zero-order valence-electron chi connectivity index (χ0n) is 15.5. The summed E-state index contributed by atoms with van der Waals surface area (Å²) in [5.41, 5.74) is 1.87. The average molecular weight is 494 g/mol. The first kappa shape index (κ1) is 31.8. The molecule has 10 heteroatoms. The normalized spacial score (nSPS) is 10.5. The Morgan fingerprint density at radius 2 is 1.36 bits per heavy atom. The van der Waals surface area contributed by atoms with Crippen molar-refractivity contribution < 1.29 is 56.4 Å². The summed E-state index contributed by atoms with van der Waals surface area (Å²) < 4.78 is 0. The molecule has 0 aliphatic rings. The van der Waals surface area contributed by atoms with Gasteiger partial charge in [-0.2, -0.15) is 0 Å². The predicted octanol–water partition coefficient (Wildman–Crippen LogP) is 1.41. The Morgan fingerprint density at radius 3 is 1.79 bits per heavy atom. The minimum absolute atomic E-state index is 0. The molecule has 2 aromatic rings. The molecular formula is C18H30Cu2N4O4. The first-order chi connectivity index (χ1) is 12.1.